The van der Waals surface area contributed by atoms with Gasteiger partial charge in [-0.05, 0) is 37.1 Å². The van der Waals surface area contributed by atoms with Gasteiger partial charge in [0.2, 0.25) is 5.91 Å². The lowest BCUT2D eigenvalue weighted by Gasteiger charge is -2.07. The number of carbonyl (C=O) groups is 1. The van der Waals surface area contributed by atoms with Gasteiger partial charge < -0.3 is 5.32 Å². The van der Waals surface area contributed by atoms with E-state index in [9.17, 15) is 10.1 Å². The SMILES string of the molecule is CCCCc1ccc(C#N)c(SCCC(=O)Nc2cccnc2)n1. The molecular formula is C18H20N4OS. The third-order valence-electron chi connectivity index (χ3n) is 3.34. The first-order valence-corrected chi connectivity index (χ1v) is 8.94. The van der Waals surface area contributed by atoms with Crippen LogP contribution in [0.1, 0.15) is 37.4 Å². The van der Waals surface area contributed by atoms with Crippen molar-refractivity contribution in [3.63, 3.8) is 0 Å². The number of carbonyl (C=O) groups excluding carboxylic acids is 1. The Morgan fingerprint density at radius 1 is 1.38 bits per heavy atom. The zero-order valence-electron chi connectivity index (χ0n) is 13.7. The quantitative estimate of drug-likeness (QED) is 0.739. The van der Waals surface area contributed by atoms with Crippen molar-refractivity contribution in [3.8, 4) is 6.07 Å². The summed E-state index contributed by atoms with van der Waals surface area (Å²) in [4.78, 5) is 20.4. The lowest BCUT2D eigenvalue weighted by atomic mass is 10.2. The maximum absolute atomic E-state index is 11.9. The number of nitrogens with zero attached hydrogens (tertiary/aromatic N) is 3. The molecule has 0 saturated carbocycles. The summed E-state index contributed by atoms with van der Waals surface area (Å²) >= 11 is 1.45. The molecule has 1 N–H and O–H groups in total. The molecule has 0 radical (unpaired) electrons. The zero-order chi connectivity index (χ0) is 17.2. The Balaban J connectivity index is 1.88. The maximum Gasteiger partial charge on any atom is 0.225 e. The van der Waals surface area contributed by atoms with Crippen molar-refractivity contribution in [2.75, 3.05) is 11.1 Å². The molecule has 0 aromatic carbocycles. The summed E-state index contributed by atoms with van der Waals surface area (Å²) < 4.78 is 0. The molecule has 0 saturated heterocycles. The van der Waals surface area contributed by atoms with Crippen molar-refractivity contribution in [1.82, 2.24) is 9.97 Å². The van der Waals surface area contributed by atoms with E-state index in [-0.39, 0.29) is 5.91 Å². The molecule has 0 fully saturated rings. The van der Waals surface area contributed by atoms with Gasteiger partial charge in [-0.1, -0.05) is 13.3 Å². The Labute approximate surface area is 146 Å². The minimum absolute atomic E-state index is 0.0730. The predicted octanol–water partition coefficient (Wildman–Crippen LogP) is 3.81. The molecule has 0 aliphatic heterocycles. The van der Waals surface area contributed by atoms with E-state index in [0.717, 1.165) is 25.0 Å². The average Bonchev–Trinajstić information content (AvgIpc) is 2.61. The molecule has 0 unspecified atom stereocenters. The van der Waals surface area contributed by atoms with Crippen LogP contribution in [0.5, 0.6) is 0 Å². The zero-order valence-corrected chi connectivity index (χ0v) is 14.5. The molecule has 2 heterocycles. The second kappa shape index (κ2) is 9.68. The van der Waals surface area contributed by atoms with Gasteiger partial charge in [-0.3, -0.25) is 9.78 Å². The number of anilines is 1. The Morgan fingerprint density at radius 3 is 2.96 bits per heavy atom. The van der Waals surface area contributed by atoms with Crippen LogP contribution in [0.2, 0.25) is 0 Å². The number of nitrogens with one attached hydrogen (secondary N) is 1. The van der Waals surface area contributed by atoms with Gasteiger partial charge in [0.25, 0.3) is 0 Å². The number of rotatable bonds is 8. The summed E-state index contributed by atoms with van der Waals surface area (Å²) in [6, 6.07) is 9.46. The fourth-order valence-corrected chi connectivity index (χ4v) is 3.00. The van der Waals surface area contributed by atoms with Gasteiger partial charge in [0.15, 0.2) is 0 Å². The second-order valence-corrected chi connectivity index (χ2v) is 6.34. The summed E-state index contributed by atoms with van der Waals surface area (Å²) in [6.45, 7) is 2.14. The van der Waals surface area contributed by atoms with Crippen LogP contribution in [0.15, 0.2) is 41.7 Å². The van der Waals surface area contributed by atoms with Crippen LogP contribution in [0.3, 0.4) is 0 Å². The lowest BCUT2D eigenvalue weighted by Crippen LogP contribution is -2.12. The van der Waals surface area contributed by atoms with Gasteiger partial charge in [0, 0.05) is 24.1 Å². The highest BCUT2D eigenvalue weighted by Crippen LogP contribution is 2.22. The van der Waals surface area contributed by atoms with E-state index in [1.807, 2.05) is 12.1 Å². The van der Waals surface area contributed by atoms with Gasteiger partial charge in [-0.15, -0.1) is 11.8 Å². The molecule has 1 amide bonds. The number of thioether (sulfide) groups is 1. The molecule has 2 aromatic rings. The number of hydrogen-bond acceptors (Lipinski definition) is 5. The van der Waals surface area contributed by atoms with Crippen molar-refractivity contribution in [1.29, 1.82) is 5.26 Å². The van der Waals surface area contributed by atoms with Crippen LogP contribution in [0, 0.1) is 11.3 Å². The second-order valence-electron chi connectivity index (χ2n) is 5.26. The van der Waals surface area contributed by atoms with Crippen molar-refractivity contribution in [2.45, 2.75) is 37.6 Å². The van der Waals surface area contributed by atoms with Crippen LogP contribution >= 0.6 is 11.8 Å². The highest BCUT2D eigenvalue weighted by Gasteiger charge is 2.08. The lowest BCUT2D eigenvalue weighted by molar-refractivity contribution is -0.115. The Kier molecular flexibility index (Phi) is 7.24. The summed E-state index contributed by atoms with van der Waals surface area (Å²) in [5.41, 5.74) is 2.25. The first kappa shape index (κ1) is 18.0. The smallest absolute Gasteiger partial charge is 0.225 e. The first-order valence-electron chi connectivity index (χ1n) is 7.95. The van der Waals surface area contributed by atoms with Gasteiger partial charge in [-0.25, -0.2) is 4.98 Å². The monoisotopic (exact) mass is 340 g/mol. The van der Waals surface area contributed by atoms with E-state index in [1.165, 1.54) is 11.8 Å². The van der Waals surface area contributed by atoms with Gasteiger partial charge in [-0.2, -0.15) is 5.26 Å². The van der Waals surface area contributed by atoms with Crippen LogP contribution in [-0.4, -0.2) is 21.6 Å². The summed E-state index contributed by atoms with van der Waals surface area (Å²) in [5, 5.41) is 12.7. The minimum Gasteiger partial charge on any atom is -0.325 e. The molecule has 2 aromatic heterocycles. The van der Waals surface area contributed by atoms with Crippen molar-refractivity contribution in [2.24, 2.45) is 0 Å². The van der Waals surface area contributed by atoms with Crippen LogP contribution in [0.4, 0.5) is 5.69 Å². The number of aryl methyl sites for hydroxylation is 1. The number of hydrogen-bond donors (Lipinski definition) is 1. The normalized spacial score (nSPS) is 10.2. The Morgan fingerprint density at radius 2 is 2.25 bits per heavy atom. The minimum atomic E-state index is -0.0730. The largest absolute Gasteiger partial charge is 0.325 e. The molecule has 124 valence electrons. The molecule has 0 aliphatic rings. The molecule has 6 heteroatoms. The third-order valence-corrected chi connectivity index (χ3v) is 4.33. The van der Waals surface area contributed by atoms with Gasteiger partial charge in [0.05, 0.1) is 17.4 Å². The Bertz CT molecular complexity index is 713. The standard InChI is InChI=1S/C18H20N4OS/c1-2-3-5-15-8-7-14(12-19)18(22-15)24-11-9-17(23)21-16-6-4-10-20-13-16/h4,6-8,10,13H,2-3,5,9,11H2,1H3,(H,21,23). The molecule has 0 spiro atoms. The summed E-state index contributed by atoms with van der Waals surface area (Å²) in [5.74, 6) is 0.501. The third kappa shape index (κ3) is 5.67. The first-order chi connectivity index (χ1) is 11.7. The van der Waals surface area contributed by atoms with E-state index in [2.05, 4.69) is 28.3 Å². The number of pyridine rings is 2. The summed E-state index contributed by atoms with van der Waals surface area (Å²) in [6.07, 6.45) is 6.72. The van der Waals surface area contributed by atoms with E-state index in [4.69, 9.17) is 0 Å². The van der Waals surface area contributed by atoms with E-state index in [0.29, 0.717) is 28.5 Å². The van der Waals surface area contributed by atoms with Crippen LogP contribution < -0.4 is 5.32 Å². The maximum atomic E-state index is 11.9. The average molecular weight is 340 g/mol. The van der Waals surface area contributed by atoms with E-state index >= 15 is 0 Å². The topological polar surface area (TPSA) is 78.7 Å². The van der Waals surface area contributed by atoms with E-state index < -0.39 is 0 Å². The highest BCUT2D eigenvalue weighted by molar-refractivity contribution is 7.99. The fourth-order valence-electron chi connectivity index (χ4n) is 2.07. The van der Waals surface area contributed by atoms with Crippen molar-refractivity contribution in [3.05, 3.63) is 47.9 Å². The van der Waals surface area contributed by atoms with Crippen molar-refractivity contribution >= 4 is 23.4 Å². The molecule has 0 bridgehead atoms. The number of unbranched alkanes of at least 4 members (excludes halogenated alkanes) is 1. The fraction of sp³-hybridized carbons (Fsp3) is 0.333. The summed E-state index contributed by atoms with van der Waals surface area (Å²) in [7, 11) is 0. The van der Waals surface area contributed by atoms with E-state index in [1.54, 1.807) is 24.5 Å². The predicted molar refractivity (Wildman–Crippen MR) is 95.8 cm³/mol. The molecular weight excluding hydrogens is 320 g/mol. The van der Waals surface area contributed by atoms with Gasteiger partial charge >= 0.3 is 0 Å². The molecule has 5 nitrogen and oxygen atoms in total. The molecule has 0 atom stereocenters. The molecule has 2 rings (SSSR count). The number of nitriles is 1. The van der Waals surface area contributed by atoms with Crippen LogP contribution in [0.25, 0.3) is 0 Å². The Hall–Kier alpha value is -2.39. The number of aromatic nitrogens is 2. The highest BCUT2D eigenvalue weighted by atomic mass is 32.2. The molecule has 24 heavy (non-hydrogen) atoms. The van der Waals surface area contributed by atoms with Crippen LogP contribution in [-0.2, 0) is 11.2 Å². The number of amides is 1. The molecule has 0 aliphatic carbocycles. The van der Waals surface area contributed by atoms with Crippen molar-refractivity contribution < 1.29 is 4.79 Å². The van der Waals surface area contributed by atoms with Gasteiger partial charge in [0.1, 0.15) is 11.1 Å².